The lowest BCUT2D eigenvalue weighted by Gasteiger charge is -2.09. The number of aryl methyl sites for hydroxylation is 1. The largest absolute Gasteiger partial charge is 0.288 e. The summed E-state index contributed by atoms with van der Waals surface area (Å²) in [5.41, 5.74) is 3.50. The summed E-state index contributed by atoms with van der Waals surface area (Å²) in [6.45, 7) is 1.93. The first-order valence-corrected chi connectivity index (χ1v) is 6.21. The maximum absolute atomic E-state index is 11.9. The molecule has 1 aliphatic rings. The van der Waals surface area contributed by atoms with E-state index in [0.717, 1.165) is 16.7 Å². The number of hydrogen-bond acceptors (Lipinski definition) is 2. The van der Waals surface area contributed by atoms with Crippen molar-refractivity contribution in [2.75, 3.05) is 0 Å². The van der Waals surface area contributed by atoms with Crippen molar-refractivity contribution in [1.29, 1.82) is 0 Å². The molecule has 0 aromatic heterocycles. The molecule has 3 rings (SSSR count). The van der Waals surface area contributed by atoms with Crippen molar-refractivity contribution in [3.63, 3.8) is 0 Å². The number of nitrogens with one attached hydrogen (secondary N) is 1. The molecule has 1 heterocycles. The van der Waals surface area contributed by atoms with E-state index in [4.69, 9.17) is 11.6 Å². The predicted octanol–water partition coefficient (Wildman–Crippen LogP) is 3.20. The third kappa shape index (κ3) is 1.83. The lowest BCUT2D eigenvalue weighted by atomic mass is 9.94. The maximum Gasteiger partial charge on any atom is 0.259 e. The molecule has 1 aliphatic heterocycles. The summed E-state index contributed by atoms with van der Waals surface area (Å²) in [6, 6.07) is 10.8. The van der Waals surface area contributed by atoms with Crippen LogP contribution in [0.25, 0.3) is 11.1 Å². The van der Waals surface area contributed by atoms with E-state index in [-0.39, 0.29) is 11.8 Å². The zero-order valence-corrected chi connectivity index (χ0v) is 10.9. The van der Waals surface area contributed by atoms with Gasteiger partial charge in [-0.3, -0.25) is 14.9 Å². The number of carbonyl (C=O) groups excluding carboxylic acids is 2. The number of hydrogen-bond donors (Lipinski definition) is 1. The second-order valence-electron chi connectivity index (χ2n) is 4.47. The van der Waals surface area contributed by atoms with Crippen LogP contribution in [-0.2, 0) is 0 Å². The van der Waals surface area contributed by atoms with Crippen molar-refractivity contribution >= 4 is 23.4 Å². The summed E-state index contributed by atoms with van der Waals surface area (Å²) >= 11 is 5.94. The molecule has 0 fully saturated rings. The first-order chi connectivity index (χ1) is 9.08. The van der Waals surface area contributed by atoms with Crippen molar-refractivity contribution in [1.82, 2.24) is 5.32 Å². The molecule has 94 valence electrons. The van der Waals surface area contributed by atoms with Gasteiger partial charge in [0.25, 0.3) is 11.8 Å². The van der Waals surface area contributed by atoms with Gasteiger partial charge < -0.3 is 0 Å². The molecule has 0 saturated heterocycles. The molecule has 3 nitrogen and oxygen atoms in total. The van der Waals surface area contributed by atoms with Crippen LogP contribution < -0.4 is 5.32 Å². The fraction of sp³-hybridized carbons (Fsp3) is 0.0667. The molecular formula is C15H10ClNO2. The Morgan fingerprint density at radius 2 is 1.68 bits per heavy atom. The van der Waals surface area contributed by atoms with Crippen LogP contribution >= 0.6 is 11.6 Å². The number of fused-ring (bicyclic) bond motifs is 1. The lowest BCUT2D eigenvalue weighted by Crippen LogP contribution is -2.20. The number of carbonyl (C=O) groups is 2. The highest BCUT2D eigenvalue weighted by Crippen LogP contribution is 2.32. The van der Waals surface area contributed by atoms with Crippen LogP contribution in [0.4, 0.5) is 0 Å². The third-order valence-electron chi connectivity index (χ3n) is 3.24. The zero-order valence-electron chi connectivity index (χ0n) is 10.2. The average molecular weight is 272 g/mol. The van der Waals surface area contributed by atoms with Crippen molar-refractivity contribution in [3.05, 3.63) is 58.1 Å². The summed E-state index contributed by atoms with van der Waals surface area (Å²) in [6.07, 6.45) is 0. The monoisotopic (exact) mass is 271 g/mol. The van der Waals surface area contributed by atoms with Crippen molar-refractivity contribution in [3.8, 4) is 11.1 Å². The standard InChI is InChI=1S/C15H10ClNO2/c1-8-7-9(16)5-6-10(8)11-3-2-4-12-13(11)15(19)17-14(12)18/h2-7H,1H3,(H,17,18,19). The fourth-order valence-corrected chi connectivity index (χ4v) is 2.60. The third-order valence-corrected chi connectivity index (χ3v) is 3.48. The highest BCUT2D eigenvalue weighted by Gasteiger charge is 2.29. The zero-order chi connectivity index (χ0) is 13.6. The van der Waals surface area contributed by atoms with Gasteiger partial charge in [-0.15, -0.1) is 0 Å². The average Bonchev–Trinajstić information content (AvgIpc) is 2.65. The maximum atomic E-state index is 11.9. The Balaban J connectivity index is 2.28. The van der Waals surface area contributed by atoms with E-state index in [2.05, 4.69) is 5.32 Å². The van der Waals surface area contributed by atoms with E-state index >= 15 is 0 Å². The molecule has 2 aromatic carbocycles. The van der Waals surface area contributed by atoms with E-state index in [1.165, 1.54) is 0 Å². The molecule has 0 spiro atoms. The van der Waals surface area contributed by atoms with Crippen LogP contribution in [0.15, 0.2) is 36.4 Å². The lowest BCUT2D eigenvalue weighted by molar-refractivity contribution is 0.0880. The van der Waals surface area contributed by atoms with Crippen molar-refractivity contribution in [2.45, 2.75) is 6.92 Å². The minimum Gasteiger partial charge on any atom is -0.288 e. The Labute approximate surface area is 115 Å². The van der Waals surface area contributed by atoms with Crippen LogP contribution in [0.2, 0.25) is 5.02 Å². The van der Waals surface area contributed by atoms with Gasteiger partial charge in [-0.25, -0.2) is 0 Å². The van der Waals surface area contributed by atoms with Gasteiger partial charge >= 0.3 is 0 Å². The summed E-state index contributed by atoms with van der Waals surface area (Å²) in [5, 5.41) is 2.97. The summed E-state index contributed by atoms with van der Waals surface area (Å²) in [5.74, 6) is -0.682. The predicted molar refractivity (Wildman–Crippen MR) is 73.4 cm³/mol. The van der Waals surface area contributed by atoms with Gasteiger partial charge in [0, 0.05) is 5.02 Å². The molecule has 0 saturated carbocycles. The van der Waals surface area contributed by atoms with Gasteiger partial charge in [-0.1, -0.05) is 29.8 Å². The van der Waals surface area contributed by atoms with Crippen LogP contribution in [-0.4, -0.2) is 11.8 Å². The van der Waals surface area contributed by atoms with Gasteiger partial charge in [0.1, 0.15) is 0 Å². The SMILES string of the molecule is Cc1cc(Cl)ccc1-c1cccc2c1C(=O)NC2=O. The van der Waals surface area contributed by atoms with E-state index in [9.17, 15) is 9.59 Å². The molecule has 0 unspecified atom stereocenters. The Hall–Kier alpha value is -2.13. The first-order valence-electron chi connectivity index (χ1n) is 5.83. The molecular weight excluding hydrogens is 262 g/mol. The van der Waals surface area contributed by atoms with E-state index in [1.807, 2.05) is 25.1 Å². The van der Waals surface area contributed by atoms with Gasteiger partial charge in [0.05, 0.1) is 11.1 Å². The van der Waals surface area contributed by atoms with E-state index in [0.29, 0.717) is 16.1 Å². The number of imide groups is 1. The Kier molecular flexibility index (Phi) is 2.64. The molecule has 1 N–H and O–H groups in total. The van der Waals surface area contributed by atoms with Gasteiger partial charge in [-0.05, 0) is 41.8 Å². The second kappa shape index (κ2) is 4.21. The Morgan fingerprint density at radius 3 is 2.42 bits per heavy atom. The van der Waals surface area contributed by atoms with E-state index in [1.54, 1.807) is 18.2 Å². The number of benzene rings is 2. The van der Waals surface area contributed by atoms with Crippen LogP contribution in [0, 0.1) is 6.92 Å². The molecule has 0 radical (unpaired) electrons. The summed E-state index contributed by atoms with van der Waals surface area (Å²) in [4.78, 5) is 23.5. The summed E-state index contributed by atoms with van der Waals surface area (Å²) in [7, 11) is 0. The number of rotatable bonds is 1. The highest BCUT2D eigenvalue weighted by molar-refractivity contribution is 6.30. The topological polar surface area (TPSA) is 46.2 Å². The van der Waals surface area contributed by atoms with Gasteiger partial charge in [-0.2, -0.15) is 0 Å². The van der Waals surface area contributed by atoms with Gasteiger partial charge in [0.2, 0.25) is 0 Å². The van der Waals surface area contributed by atoms with Crippen LogP contribution in [0.3, 0.4) is 0 Å². The Morgan fingerprint density at radius 1 is 0.947 bits per heavy atom. The minimum atomic E-state index is -0.343. The molecule has 2 aromatic rings. The minimum absolute atomic E-state index is 0.339. The second-order valence-corrected chi connectivity index (χ2v) is 4.91. The first kappa shape index (κ1) is 11.9. The highest BCUT2D eigenvalue weighted by atomic mass is 35.5. The van der Waals surface area contributed by atoms with Crippen LogP contribution in [0.1, 0.15) is 26.3 Å². The smallest absolute Gasteiger partial charge is 0.259 e. The molecule has 0 bridgehead atoms. The van der Waals surface area contributed by atoms with Crippen molar-refractivity contribution in [2.24, 2.45) is 0 Å². The Bertz CT molecular complexity index is 722. The summed E-state index contributed by atoms with van der Waals surface area (Å²) < 4.78 is 0. The molecule has 19 heavy (non-hydrogen) atoms. The van der Waals surface area contributed by atoms with E-state index < -0.39 is 0 Å². The molecule has 0 aliphatic carbocycles. The molecule has 0 atom stereocenters. The quantitative estimate of drug-likeness (QED) is 0.810. The number of amides is 2. The normalized spacial score (nSPS) is 13.4. The molecule has 4 heteroatoms. The van der Waals surface area contributed by atoms with Crippen molar-refractivity contribution < 1.29 is 9.59 Å². The fourth-order valence-electron chi connectivity index (χ4n) is 2.37. The van der Waals surface area contributed by atoms with Crippen LogP contribution in [0.5, 0.6) is 0 Å². The molecule has 2 amide bonds. The van der Waals surface area contributed by atoms with Gasteiger partial charge in [0.15, 0.2) is 0 Å². The number of halogens is 1.